The summed E-state index contributed by atoms with van der Waals surface area (Å²) >= 11 is 6.29. The van der Waals surface area contributed by atoms with E-state index in [-0.39, 0.29) is 12.1 Å². The van der Waals surface area contributed by atoms with Gasteiger partial charge in [0.05, 0.1) is 11.6 Å². The Morgan fingerprint density at radius 2 is 2.13 bits per heavy atom. The van der Waals surface area contributed by atoms with Crippen molar-refractivity contribution in [3.05, 3.63) is 17.0 Å². The molecule has 0 radical (unpaired) electrons. The Morgan fingerprint density at radius 1 is 1.43 bits per heavy atom. The van der Waals surface area contributed by atoms with Gasteiger partial charge in [0.1, 0.15) is 22.9 Å². The fourth-order valence-corrected chi connectivity index (χ4v) is 2.72. The zero-order chi connectivity index (χ0) is 17.2. The number of halogens is 1. The third-order valence-corrected chi connectivity index (χ3v) is 3.71. The van der Waals surface area contributed by atoms with Crippen molar-refractivity contribution in [3.63, 3.8) is 0 Å². The molecule has 0 bridgehead atoms. The lowest BCUT2D eigenvalue weighted by Crippen LogP contribution is -2.50. The third kappa shape index (κ3) is 4.45. The van der Waals surface area contributed by atoms with E-state index >= 15 is 0 Å². The van der Waals surface area contributed by atoms with Crippen LogP contribution in [-0.4, -0.2) is 60.3 Å². The smallest absolute Gasteiger partial charge is 0.410 e. The lowest BCUT2D eigenvalue weighted by atomic mass is 10.1. The van der Waals surface area contributed by atoms with E-state index in [0.717, 1.165) is 11.4 Å². The summed E-state index contributed by atoms with van der Waals surface area (Å²) < 4.78 is 5.45. The van der Waals surface area contributed by atoms with Gasteiger partial charge in [-0.3, -0.25) is 0 Å². The van der Waals surface area contributed by atoms with E-state index < -0.39 is 5.60 Å². The van der Waals surface area contributed by atoms with E-state index in [1.54, 1.807) is 4.90 Å². The highest BCUT2D eigenvalue weighted by atomic mass is 35.5. The third-order valence-electron chi connectivity index (χ3n) is 3.41. The molecule has 0 aromatic carbocycles. The van der Waals surface area contributed by atoms with Crippen LogP contribution in [0.15, 0.2) is 6.33 Å². The maximum absolute atomic E-state index is 12.3. The van der Waals surface area contributed by atoms with Crippen molar-refractivity contribution in [1.29, 1.82) is 0 Å². The highest BCUT2D eigenvalue weighted by Crippen LogP contribution is 2.30. The monoisotopic (exact) mass is 341 g/mol. The minimum atomic E-state index is -0.514. The Hall–Kier alpha value is -1.60. The number of piperazine rings is 1. The molecule has 8 heteroatoms. The summed E-state index contributed by atoms with van der Waals surface area (Å²) in [7, 11) is 3.80. The molecule has 1 unspecified atom stereocenters. The van der Waals surface area contributed by atoms with Crippen LogP contribution >= 0.6 is 11.6 Å². The van der Waals surface area contributed by atoms with Gasteiger partial charge in [0.15, 0.2) is 0 Å². The number of nitrogens with one attached hydrogen (secondary N) is 1. The van der Waals surface area contributed by atoms with Crippen molar-refractivity contribution < 1.29 is 9.53 Å². The number of ether oxygens (including phenoxy) is 1. The minimum Gasteiger partial charge on any atom is -0.444 e. The van der Waals surface area contributed by atoms with Crippen molar-refractivity contribution in [2.75, 3.05) is 38.6 Å². The maximum Gasteiger partial charge on any atom is 0.410 e. The lowest BCUT2D eigenvalue weighted by molar-refractivity contribution is 0.0195. The molecule has 1 saturated heterocycles. The molecule has 7 nitrogen and oxygen atoms in total. The Balaban J connectivity index is 2.21. The largest absolute Gasteiger partial charge is 0.444 e. The molecule has 23 heavy (non-hydrogen) atoms. The van der Waals surface area contributed by atoms with Gasteiger partial charge < -0.3 is 19.9 Å². The quantitative estimate of drug-likeness (QED) is 0.830. The Kier molecular flexibility index (Phi) is 5.31. The lowest BCUT2D eigenvalue weighted by Gasteiger charge is -2.36. The number of amides is 1. The fourth-order valence-electron chi connectivity index (χ4n) is 2.46. The van der Waals surface area contributed by atoms with Crippen molar-refractivity contribution in [2.45, 2.75) is 32.4 Å². The molecule has 1 amide bonds. The predicted octanol–water partition coefficient (Wildman–Crippen LogP) is 2.08. The number of hydrogen-bond donors (Lipinski definition) is 1. The van der Waals surface area contributed by atoms with Crippen LogP contribution in [0.2, 0.25) is 5.15 Å². The summed E-state index contributed by atoms with van der Waals surface area (Å²) in [5.41, 5.74) is 0.284. The van der Waals surface area contributed by atoms with Gasteiger partial charge >= 0.3 is 6.09 Å². The van der Waals surface area contributed by atoms with Crippen LogP contribution in [0.25, 0.3) is 0 Å². The van der Waals surface area contributed by atoms with Crippen LogP contribution in [0.3, 0.4) is 0 Å². The standard InChI is InChI=1S/C15H24ClN5O2/c1-15(2,3)23-14(22)21-7-6-17-10(8-21)11-12(16)18-9-19-13(11)20(4)5/h9-10,17H,6-8H2,1-5H3. The van der Waals surface area contributed by atoms with E-state index in [1.807, 2.05) is 39.8 Å². The first kappa shape index (κ1) is 17.7. The summed E-state index contributed by atoms with van der Waals surface area (Å²) in [4.78, 5) is 24.3. The van der Waals surface area contributed by atoms with E-state index in [2.05, 4.69) is 15.3 Å². The molecule has 2 heterocycles. The second kappa shape index (κ2) is 6.88. The molecule has 0 spiro atoms. The molecule has 2 rings (SSSR count). The highest BCUT2D eigenvalue weighted by molar-refractivity contribution is 6.30. The summed E-state index contributed by atoms with van der Waals surface area (Å²) in [6.45, 7) is 7.28. The van der Waals surface area contributed by atoms with E-state index in [1.165, 1.54) is 6.33 Å². The summed E-state index contributed by atoms with van der Waals surface area (Å²) in [6, 6.07) is -0.137. The van der Waals surface area contributed by atoms with Crippen molar-refractivity contribution in [3.8, 4) is 0 Å². The van der Waals surface area contributed by atoms with Crippen LogP contribution in [0.1, 0.15) is 32.4 Å². The van der Waals surface area contributed by atoms with Crippen LogP contribution in [0.4, 0.5) is 10.6 Å². The summed E-state index contributed by atoms with van der Waals surface area (Å²) in [5.74, 6) is 0.744. The van der Waals surface area contributed by atoms with Crippen LogP contribution < -0.4 is 10.2 Å². The van der Waals surface area contributed by atoms with Gasteiger partial charge in [-0.2, -0.15) is 0 Å². The van der Waals surface area contributed by atoms with Crippen LogP contribution in [0, 0.1) is 0 Å². The fraction of sp³-hybridized carbons (Fsp3) is 0.667. The second-order valence-electron chi connectivity index (χ2n) is 6.73. The van der Waals surface area contributed by atoms with Gasteiger partial charge in [-0.25, -0.2) is 14.8 Å². The first-order valence-corrected chi connectivity index (χ1v) is 7.96. The SMILES string of the molecule is CN(C)c1ncnc(Cl)c1C1CN(C(=O)OC(C)(C)C)CCN1. The van der Waals surface area contributed by atoms with Crippen LogP contribution in [0.5, 0.6) is 0 Å². The predicted molar refractivity (Wildman–Crippen MR) is 89.9 cm³/mol. The number of aromatic nitrogens is 2. The second-order valence-corrected chi connectivity index (χ2v) is 7.09. The van der Waals surface area contributed by atoms with Gasteiger partial charge in [-0.15, -0.1) is 0 Å². The zero-order valence-corrected chi connectivity index (χ0v) is 15.0. The highest BCUT2D eigenvalue weighted by Gasteiger charge is 2.31. The molecule has 1 aromatic heterocycles. The number of hydrogen-bond acceptors (Lipinski definition) is 6. The molecular weight excluding hydrogens is 318 g/mol. The topological polar surface area (TPSA) is 70.6 Å². The Labute approximate surface area is 142 Å². The molecule has 1 aliphatic rings. The molecule has 128 valence electrons. The van der Waals surface area contributed by atoms with Gasteiger partial charge in [0.25, 0.3) is 0 Å². The zero-order valence-electron chi connectivity index (χ0n) is 14.3. The number of carbonyl (C=O) groups is 1. The van der Waals surface area contributed by atoms with E-state index in [4.69, 9.17) is 16.3 Å². The van der Waals surface area contributed by atoms with Crippen molar-refractivity contribution in [1.82, 2.24) is 20.2 Å². The number of nitrogens with zero attached hydrogens (tertiary/aromatic N) is 4. The number of rotatable bonds is 2. The van der Waals surface area contributed by atoms with Gasteiger partial charge in [-0.1, -0.05) is 11.6 Å². The molecule has 1 aromatic rings. The normalized spacial score (nSPS) is 18.7. The summed E-state index contributed by atoms with van der Waals surface area (Å²) in [5, 5.41) is 3.77. The van der Waals surface area contributed by atoms with Crippen LogP contribution in [-0.2, 0) is 4.74 Å². The average molecular weight is 342 g/mol. The van der Waals surface area contributed by atoms with Gasteiger partial charge in [0, 0.05) is 33.7 Å². The Bertz CT molecular complexity index is 573. The average Bonchev–Trinajstić information content (AvgIpc) is 2.45. The minimum absolute atomic E-state index is 0.137. The molecule has 1 N–H and O–H groups in total. The van der Waals surface area contributed by atoms with E-state index in [0.29, 0.717) is 24.8 Å². The van der Waals surface area contributed by atoms with Gasteiger partial charge in [0.2, 0.25) is 0 Å². The molecule has 0 aliphatic carbocycles. The number of carbonyl (C=O) groups excluding carboxylic acids is 1. The van der Waals surface area contributed by atoms with E-state index in [9.17, 15) is 4.79 Å². The molecule has 0 saturated carbocycles. The Morgan fingerprint density at radius 3 is 2.74 bits per heavy atom. The molecule has 1 atom stereocenters. The molecule has 1 aliphatic heterocycles. The van der Waals surface area contributed by atoms with Gasteiger partial charge in [-0.05, 0) is 20.8 Å². The van der Waals surface area contributed by atoms with Crippen molar-refractivity contribution in [2.24, 2.45) is 0 Å². The first-order chi connectivity index (χ1) is 10.7. The molecular formula is C15H24ClN5O2. The molecule has 1 fully saturated rings. The maximum atomic E-state index is 12.3. The number of anilines is 1. The van der Waals surface area contributed by atoms with Crippen molar-refractivity contribution >= 4 is 23.5 Å². The summed E-state index contributed by atoms with van der Waals surface area (Å²) in [6.07, 6.45) is 1.12. The first-order valence-electron chi connectivity index (χ1n) is 7.58.